The van der Waals surface area contributed by atoms with Crippen molar-refractivity contribution < 1.29 is 19.4 Å². The van der Waals surface area contributed by atoms with Gasteiger partial charge in [-0.3, -0.25) is 9.59 Å². The maximum absolute atomic E-state index is 11.9. The number of carboxylic acids is 1. The smallest absolute Gasteiger partial charge is 0.303 e. The van der Waals surface area contributed by atoms with Gasteiger partial charge in [0.05, 0.1) is 30.6 Å². The Bertz CT molecular complexity index is 1400. The van der Waals surface area contributed by atoms with E-state index in [1.54, 1.807) is 26.3 Å². The van der Waals surface area contributed by atoms with E-state index in [1.165, 1.54) is 0 Å². The highest BCUT2D eigenvalue weighted by molar-refractivity contribution is 5.95. The summed E-state index contributed by atoms with van der Waals surface area (Å²) in [5.74, 6) is 6.22. The number of carboxylic acid groups (broad SMARTS) is 1. The molecule has 1 fully saturated rings. The molecule has 1 amide bonds. The average Bonchev–Trinajstić information content (AvgIpc) is 3.29. The minimum absolute atomic E-state index is 0.162. The molecule has 0 unspecified atom stereocenters. The first kappa shape index (κ1) is 28.8. The van der Waals surface area contributed by atoms with Gasteiger partial charge < -0.3 is 35.3 Å². The number of aliphatic carboxylic acids is 1. The van der Waals surface area contributed by atoms with Crippen molar-refractivity contribution in [1.82, 2.24) is 14.8 Å². The summed E-state index contributed by atoms with van der Waals surface area (Å²) in [4.78, 5) is 25.0. The van der Waals surface area contributed by atoms with Crippen molar-refractivity contribution >= 4 is 34.2 Å². The van der Waals surface area contributed by atoms with Crippen LogP contribution in [0.25, 0.3) is 10.9 Å². The molecular formula is C31H39N5O4. The molecule has 0 spiro atoms. The number of anilines is 2. The molecular weight excluding hydrogens is 506 g/mol. The lowest BCUT2D eigenvalue weighted by molar-refractivity contribution is -0.137. The molecule has 212 valence electrons. The number of carbonyl (C=O) groups is 2. The topological polar surface area (TPSA) is 108 Å². The first-order chi connectivity index (χ1) is 19.4. The van der Waals surface area contributed by atoms with Gasteiger partial charge in [0.1, 0.15) is 5.75 Å². The number of hydrogen-bond acceptors (Lipinski definition) is 6. The van der Waals surface area contributed by atoms with Gasteiger partial charge in [0.25, 0.3) is 5.91 Å². The normalized spacial score (nSPS) is 13.9. The Labute approximate surface area is 235 Å². The zero-order valence-electron chi connectivity index (χ0n) is 23.5. The molecule has 9 heteroatoms. The molecule has 1 aliphatic heterocycles. The summed E-state index contributed by atoms with van der Waals surface area (Å²) in [6, 6.07) is 14.2. The number of aromatic nitrogens is 1. The Morgan fingerprint density at radius 2 is 1.90 bits per heavy atom. The number of benzene rings is 2. The quantitative estimate of drug-likeness (QED) is 0.212. The van der Waals surface area contributed by atoms with E-state index in [4.69, 9.17) is 9.84 Å². The number of nitrogens with zero attached hydrogens (tertiary/aromatic N) is 2. The van der Waals surface area contributed by atoms with Crippen LogP contribution in [-0.2, 0) is 11.8 Å². The van der Waals surface area contributed by atoms with E-state index in [0.717, 1.165) is 73.3 Å². The van der Waals surface area contributed by atoms with Crippen molar-refractivity contribution in [1.29, 1.82) is 0 Å². The molecule has 0 radical (unpaired) electrons. The fourth-order valence-electron chi connectivity index (χ4n) is 5.14. The zero-order valence-corrected chi connectivity index (χ0v) is 23.5. The van der Waals surface area contributed by atoms with Crippen LogP contribution in [-0.4, -0.2) is 72.8 Å². The predicted molar refractivity (Wildman–Crippen MR) is 159 cm³/mol. The lowest BCUT2D eigenvalue weighted by atomic mass is 10.0. The second-order valence-corrected chi connectivity index (χ2v) is 10.1. The number of unbranched alkanes of at least 4 members (excludes halogenated alkanes) is 1. The molecule has 4 rings (SSSR count). The van der Waals surface area contributed by atoms with E-state index in [2.05, 4.69) is 61.5 Å². The monoisotopic (exact) mass is 545 g/mol. The molecule has 0 atom stereocenters. The van der Waals surface area contributed by atoms with Crippen LogP contribution < -0.4 is 20.7 Å². The van der Waals surface area contributed by atoms with Gasteiger partial charge in [-0.05, 0) is 74.5 Å². The number of hydrogen-bond donors (Lipinski definition) is 4. The Morgan fingerprint density at radius 3 is 2.62 bits per heavy atom. The van der Waals surface area contributed by atoms with Gasteiger partial charge in [-0.15, -0.1) is 0 Å². The molecule has 2 aromatic carbocycles. The van der Waals surface area contributed by atoms with Crippen LogP contribution >= 0.6 is 0 Å². The number of nitrogens with one attached hydrogen (secondary N) is 3. The molecule has 40 heavy (non-hydrogen) atoms. The zero-order chi connectivity index (χ0) is 28.5. The van der Waals surface area contributed by atoms with Crippen molar-refractivity contribution in [3.8, 4) is 17.6 Å². The summed E-state index contributed by atoms with van der Waals surface area (Å²) < 4.78 is 7.56. The molecule has 3 aromatic rings. The van der Waals surface area contributed by atoms with Crippen LogP contribution in [0.15, 0.2) is 42.5 Å². The number of piperidine rings is 1. The third-order valence-corrected chi connectivity index (χ3v) is 7.42. The molecule has 2 heterocycles. The standard InChI is InChI=1S/C31H39N5O4/c1-32-31(39)22-12-13-27(29(20-22)40-3)33-16-7-8-24-21-25-26(9-6-10-28(25)35(24)2)34-23-14-18-36(19-15-23)17-5-4-11-30(37)38/h6,9-10,12-13,20-21,23,33-34H,4-5,11,14-19H2,1-3H3,(H,32,39)(H,37,38). The van der Waals surface area contributed by atoms with E-state index in [-0.39, 0.29) is 12.3 Å². The van der Waals surface area contributed by atoms with Crippen molar-refractivity contribution in [2.24, 2.45) is 7.05 Å². The predicted octanol–water partition coefficient (Wildman–Crippen LogP) is 4.14. The SMILES string of the molecule is CNC(=O)c1ccc(NCC#Cc2cc3c(NC4CCN(CCCCC(=O)O)CC4)cccc3n2C)c(OC)c1. The van der Waals surface area contributed by atoms with Crippen LogP contribution in [0, 0.1) is 11.8 Å². The summed E-state index contributed by atoms with van der Waals surface area (Å²) in [7, 11) is 5.21. The molecule has 0 aliphatic carbocycles. The van der Waals surface area contributed by atoms with Gasteiger partial charge in [0.2, 0.25) is 0 Å². The third kappa shape index (κ3) is 7.27. The fraction of sp³-hybridized carbons (Fsp3) is 0.419. The Hall–Kier alpha value is -4.16. The van der Waals surface area contributed by atoms with E-state index >= 15 is 0 Å². The van der Waals surface area contributed by atoms with Crippen LogP contribution in [0.3, 0.4) is 0 Å². The molecule has 0 saturated carbocycles. The highest BCUT2D eigenvalue weighted by Crippen LogP contribution is 2.29. The van der Waals surface area contributed by atoms with Gasteiger partial charge in [-0.2, -0.15) is 0 Å². The number of fused-ring (bicyclic) bond motifs is 1. The van der Waals surface area contributed by atoms with E-state index in [9.17, 15) is 9.59 Å². The van der Waals surface area contributed by atoms with E-state index < -0.39 is 5.97 Å². The van der Waals surface area contributed by atoms with Gasteiger partial charge in [0.15, 0.2) is 0 Å². The maximum atomic E-state index is 11.9. The highest BCUT2D eigenvalue weighted by atomic mass is 16.5. The second kappa shape index (κ2) is 13.8. The van der Waals surface area contributed by atoms with Gasteiger partial charge in [-0.1, -0.05) is 12.0 Å². The summed E-state index contributed by atoms with van der Waals surface area (Å²) in [6.07, 6.45) is 4.06. The number of rotatable bonds is 11. The first-order valence-corrected chi connectivity index (χ1v) is 13.8. The fourth-order valence-corrected chi connectivity index (χ4v) is 5.14. The molecule has 9 nitrogen and oxygen atoms in total. The van der Waals surface area contributed by atoms with Crippen LogP contribution in [0.5, 0.6) is 5.75 Å². The largest absolute Gasteiger partial charge is 0.495 e. The number of methoxy groups -OCH3 is 1. The van der Waals surface area contributed by atoms with Crippen molar-refractivity contribution in [2.45, 2.75) is 38.1 Å². The Balaban J connectivity index is 1.35. The molecule has 1 aromatic heterocycles. The van der Waals surface area contributed by atoms with Crippen molar-refractivity contribution in [2.75, 3.05) is 51.0 Å². The summed E-state index contributed by atoms with van der Waals surface area (Å²) in [5.41, 5.74) is 4.50. The highest BCUT2D eigenvalue weighted by Gasteiger charge is 2.20. The third-order valence-electron chi connectivity index (χ3n) is 7.42. The number of aryl methyl sites for hydroxylation is 1. The number of carbonyl (C=O) groups excluding carboxylic acids is 1. The Kier molecular flexibility index (Phi) is 9.92. The molecule has 1 aliphatic rings. The minimum atomic E-state index is -0.713. The maximum Gasteiger partial charge on any atom is 0.303 e. The van der Waals surface area contributed by atoms with Crippen LogP contribution in [0.4, 0.5) is 11.4 Å². The first-order valence-electron chi connectivity index (χ1n) is 13.8. The van der Waals surface area contributed by atoms with Crippen molar-refractivity contribution in [3.63, 3.8) is 0 Å². The van der Waals surface area contributed by atoms with Crippen LogP contribution in [0.1, 0.15) is 48.2 Å². The lowest BCUT2D eigenvalue weighted by Crippen LogP contribution is -2.39. The average molecular weight is 546 g/mol. The summed E-state index contributed by atoms with van der Waals surface area (Å²) in [5, 5.41) is 19.6. The lowest BCUT2D eigenvalue weighted by Gasteiger charge is -2.33. The molecule has 0 bridgehead atoms. The van der Waals surface area contributed by atoms with Gasteiger partial charge in [0, 0.05) is 56.3 Å². The van der Waals surface area contributed by atoms with Crippen LogP contribution in [0.2, 0.25) is 0 Å². The molecule has 1 saturated heterocycles. The number of ether oxygens (including phenoxy) is 1. The summed E-state index contributed by atoms with van der Waals surface area (Å²) >= 11 is 0. The van der Waals surface area contributed by atoms with E-state index in [1.807, 2.05) is 13.1 Å². The number of amides is 1. The van der Waals surface area contributed by atoms with Gasteiger partial charge in [-0.25, -0.2) is 0 Å². The Morgan fingerprint density at radius 1 is 1.10 bits per heavy atom. The van der Waals surface area contributed by atoms with Crippen molar-refractivity contribution in [3.05, 3.63) is 53.7 Å². The minimum Gasteiger partial charge on any atom is -0.495 e. The summed E-state index contributed by atoms with van der Waals surface area (Å²) in [6.45, 7) is 3.45. The molecule has 4 N–H and O–H groups in total. The van der Waals surface area contributed by atoms with Gasteiger partial charge >= 0.3 is 5.97 Å². The second-order valence-electron chi connectivity index (χ2n) is 10.1. The van der Waals surface area contributed by atoms with E-state index in [0.29, 0.717) is 23.9 Å². The number of likely N-dealkylation sites (tertiary alicyclic amines) is 1.